The number of aryl methyl sites for hydroxylation is 1. The van der Waals surface area contributed by atoms with Gasteiger partial charge in [0.25, 0.3) is 5.95 Å². The van der Waals surface area contributed by atoms with Crippen molar-refractivity contribution < 1.29 is 4.74 Å². The second kappa shape index (κ2) is 9.35. The number of nitrogens with one attached hydrogen (secondary N) is 1. The minimum absolute atomic E-state index is 0.350. The third-order valence-electron chi connectivity index (χ3n) is 5.05. The summed E-state index contributed by atoms with van der Waals surface area (Å²) in [5.74, 6) is 1.17. The highest BCUT2D eigenvalue weighted by Gasteiger charge is 2.11. The van der Waals surface area contributed by atoms with Crippen LogP contribution in [0.5, 0.6) is 5.75 Å². The number of hydrogen-bond acceptors (Lipinski definition) is 6. The van der Waals surface area contributed by atoms with Crippen LogP contribution in [0.15, 0.2) is 53.6 Å². The highest BCUT2D eigenvalue weighted by atomic mass is 16.5. The van der Waals surface area contributed by atoms with Gasteiger partial charge in [0.15, 0.2) is 5.65 Å². The van der Waals surface area contributed by atoms with Crippen LogP contribution in [0, 0.1) is 0 Å². The SMILES string of the molecule is CCCCCCOc1ccccc1/C=N/Nc1nnc2c3ccccc3n(C)c2n1. The molecule has 0 aliphatic carbocycles. The molecule has 2 aromatic carbocycles. The van der Waals surface area contributed by atoms with Crippen molar-refractivity contribution in [1.29, 1.82) is 0 Å². The smallest absolute Gasteiger partial charge is 0.265 e. The number of hydrogen-bond donors (Lipinski definition) is 1. The lowest BCUT2D eigenvalue weighted by molar-refractivity contribution is 0.304. The van der Waals surface area contributed by atoms with Gasteiger partial charge in [0.1, 0.15) is 11.3 Å². The van der Waals surface area contributed by atoms with Gasteiger partial charge in [-0.25, -0.2) is 5.43 Å². The zero-order valence-corrected chi connectivity index (χ0v) is 17.4. The van der Waals surface area contributed by atoms with Crippen molar-refractivity contribution in [1.82, 2.24) is 19.7 Å². The van der Waals surface area contributed by atoms with E-state index in [-0.39, 0.29) is 0 Å². The lowest BCUT2D eigenvalue weighted by atomic mass is 10.2. The summed E-state index contributed by atoms with van der Waals surface area (Å²) in [5, 5.41) is 13.8. The van der Waals surface area contributed by atoms with E-state index in [1.54, 1.807) is 6.21 Å². The summed E-state index contributed by atoms with van der Waals surface area (Å²) in [6.07, 6.45) is 6.43. The number of hydrazone groups is 1. The van der Waals surface area contributed by atoms with Gasteiger partial charge in [-0.15, -0.1) is 10.2 Å². The molecule has 0 atom stereocenters. The number of aromatic nitrogens is 4. The predicted molar refractivity (Wildman–Crippen MR) is 121 cm³/mol. The van der Waals surface area contributed by atoms with Crippen molar-refractivity contribution in [3.05, 3.63) is 54.1 Å². The van der Waals surface area contributed by atoms with Crippen LogP contribution in [0.2, 0.25) is 0 Å². The zero-order valence-electron chi connectivity index (χ0n) is 17.4. The van der Waals surface area contributed by atoms with Gasteiger partial charge in [-0.3, -0.25) is 0 Å². The molecule has 1 N–H and O–H groups in total. The van der Waals surface area contributed by atoms with Crippen LogP contribution in [0.4, 0.5) is 5.95 Å². The highest BCUT2D eigenvalue weighted by molar-refractivity contribution is 6.04. The number of fused-ring (bicyclic) bond motifs is 3. The number of unbranched alkanes of at least 4 members (excludes halogenated alkanes) is 3. The summed E-state index contributed by atoms with van der Waals surface area (Å²) in [7, 11) is 1.97. The molecule has 0 spiro atoms. The standard InChI is InChI=1S/C23H26N6O/c1-3-4-5-10-15-30-20-14-9-6-11-17(20)16-24-27-23-25-22-21(26-28-23)18-12-7-8-13-19(18)29(22)2/h6-9,11-14,16H,3-5,10,15H2,1-2H3,(H,25,27,28)/b24-16+. The maximum Gasteiger partial charge on any atom is 0.265 e. The molecule has 7 nitrogen and oxygen atoms in total. The molecule has 0 amide bonds. The molecule has 2 aromatic heterocycles. The Balaban J connectivity index is 1.46. The van der Waals surface area contributed by atoms with E-state index in [0.717, 1.165) is 39.8 Å². The highest BCUT2D eigenvalue weighted by Crippen LogP contribution is 2.24. The molecule has 0 bridgehead atoms. The van der Waals surface area contributed by atoms with E-state index in [4.69, 9.17) is 4.74 Å². The van der Waals surface area contributed by atoms with Crippen molar-refractivity contribution in [3.63, 3.8) is 0 Å². The Bertz CT molecular complexity index is 1170. The third-order valence-corrected chi connectivity index (χ3v) is 5.05. The molecular weight excluding hydrogens is 376 g/mol. The second-order valence-corrected chi connectivity index (χ2v) is 7.20. The molecular formula is C23H26N6O. The van der Waals surface area contributed by atoms with E-state index in [0.29, 0.717) is 12.6 Å². The first-order valence-electron chi connectivity index (χ1n) is 10.4. The van der Waals surface area contributed by atoms with Crippen LogP contribution >= 0.6 is 0 Å². The fourth-order valence-corrected chi connectivity index (χ4v) is 3.44. The molecule has 154 valence electrons. The van der Waals surface area contributed by atoms with Crippen molar-refractivity contribution >= 4 is 34.2 Å². The first-order valence-corrected chi connectivity index (χ1v) is 10.4. The van der Waals surface area contributed by atoms with Crippen molar-refractivity contribution in [2.75, 3.05) is 12.0 Å². The number of para-hydroxylation sites is 2. The van der Waals surface area contributed by atoms with Crippen LogP contribution in [-0.4, -0.2) is 32.6 Å². The van der Waals surface area contributed by atoms with Crippen LogP contribution in [-0.2, 0) is 7.05 Å². The van der Waals surface area contributed by atoms with E-state index < -0.39 is 0 Å². The van der Waals surface area contributed by atoms with Crippen LogP contribution in [0.1, 0.15) is 38.2 Å². The Kier molecular flexibility index (Phi) is 6.17. The van der Waals surface area contributed by atoms with Crippen molar-refractivity contribution in [2.24, 2.45) is 12.1 Å². The number of nitrogens with zero attached hydrogens (tertiary/aromatic N) is 5. The van der Waals surface area contributed by atoms with Gasteiger partial charge < -0.3 is 9.30 Å². The van der Waals surface area contributed by atoms with Crippen LogP contribution < -0.4 is 10.2 Å². The largest absolute Gasteiger partial charge is 0.493 e. The molecule has 2 heterocycles. The maximum atomic E-state index is 5.93. The fourth-order valence-electron chi connectivity index (χ4n) is 3.44. The lowest BCUT2D eigenvalue weighted by Gasteiger charge is -2.08. The first kappa shape index (κ1) is 19.8. The molecule has 0 saturated heterocycles. The average Bonchev–Trinajstić information content (AvgIpc) is 3.06. The van der Waals surface area contributed by atoms with E-state index >= 15 is 0 Å². The molecule has 0 saturated carbocycles. The summed E-state index contributed by atoms with van der Waals surface area (Å²) in [6.45, 7) is 2.92. The van der Waals surface area contributed by atoms with Gasteiger partial charge in [0, 0.05) is 18.0 Å². The quantitative estimate of drug-likeness (QED) is 0.244. The van der Waals surface area contributed by atoms with E-state index in [1.807, 2.05) is 60.1 Å². The predicted octanol–water partition coefficient (Wildman–Crippen LogP) is 4.92. The molecule has 7 heteroatoms. The van der Waals surface area contributed by atoms with Gasteiger partial charge in [-0.05, 0) is 24.6 Å². The van der Waals surface area contributed by atoms with Crippen molar-refractivity contribution in [3.8, 4) is 5.75 Å². The molecule has 0 aliphatic heterocycles. The summed E-state index contributed by atoms with van der Waals surface area (Å²) in [5.41, 5.74) is 6.40. The molecule has 0 radical (unpaired) electrons. The Morgan fingerprint density at radius 2 is 1.87 bits per heavy atom. The summed E-state index contributed by atoms with van der Waals surface area (Å²) in [6, 6.07) is 15.9. The van der Waals surface area contributed by atoms with E-state index in [9.17, 15) is 0 Å². The third kappa shape index (κ3) is 4.25. The van der Waals surface area contributed by atoms with Gasteiger partial charge in [0.05, 0.1) is 18.3 Å². The normalized spacial score (nSPS) is 11.5. The van der Waals surface area contributed by atoms with E-state index in [2.05, 4.69) is 32.6 Å². The number of benzene rings is 2. The van der Waals surface area contributed by atoms with Gasteiger partial charge in [0.2, 0.25) is 0 Å². The maximum absolute atomic E-state index is 5.93. The van der Waals surface area contributed by atoms with Gasteiger partial charge in [-0.2, -0.15) is 10.1 Å². The first-order chi connectivity index (χ1) is 14.8. The Hall–Kier alpha value is -3.48. The molecule has 0 fully saturated rings. The second-order valence-electron chi connectivity index (χ2n) is 7.20. The Labute approximate surface area is 175 Å². The fraction of sp³-hybridized carbons (Fsp3) is 0.304. The van der Waals surface area contributed by atoms with E-state index in [1.165, 1.54) is 19.3 Å². The minimum Gasteiger partial charge on any atom is -0.493 e. The van der Waals surface area contributed by atoms with Crippen LogP contribution in [0.3, 0.4) is 0 Å². The summed E-state index contributed by atoms with van der Waals surface area (Å²) < 4.78 is 7.94. The average molecular weight is 403 g/mol. The Morgan fingerprint density at radius 3 is 2.77 bits per heavy atom. The number of ether oxygens (including phenoxy) is 1. The van der Waals surface area contributed by atoms with Gasteiger partial charge in [-0.1, -0.05) is 56.5 Å². The Morgan fingerprint density at radius 1 is 1.03 bits per heavy atom. The zero-order chi connectivity index (χ0) is 20.8. The monoisotopic (exact) mass is 402 g/mol. The van der Waals surface area contributed by atoms with Crippen LogP contribution in [0.25, 0.3) is 22.1 Å². The lowest BCUT2D eigenvalue weighted by Crippen LogP contribution is -2.02. The number of anilines is 1. The molecule has 0 unspecified atom stereocenters. The topological polar surface area (TPSA) is 77.2 Å². The molecule has 4 aromatic rings. The molecule has 30 heavy (non-hydrogen) atoms. The number of rotatable bonds is 9. The summed E-state index contributed by atoms with van der Waals surface area (Å²) >= 11 is 0. The summed E-state index contributed by atoms with van der Waals surface area (Å²) in [4.78, 5) is 4.58. The molecule has 4 rings (SSSR count). The van der Waals surface area contributed by atoms with Crippen molar-refractivity contribution in [2.45, 2.75) is 32.6 Å². The molecule has 0 aliphatic rings. The van der Waals surface area contributed by atoms with Gasteiger partial charge >= 0.3 is 0 Å². The minimum atomic E-state index is 0.350.